The van der Waals surface area contributed by atoms with Crippen molar-refractivity contribution in [1.82, 2.24) is 4.98 Å². The highest BCUT2D eigenvalue weighted by molar-refractivity contribution is 6.04. The number of aryl methyl sites for hydroxylation is 1. The molecule has 2 aromatic rings. The Balaban J connectivity index is 2.17. The number of para-hydroxylation sites is 1. The summed E-state index contributed by atoms with van der Waals surface area (Å²) < 4.78 is 0. The molecule has 0 bridgehead atoms. The van der Waals surface area contributed by atoms with Crippen LogP contribution in [-0.2, 0) is 6.42 Å². The lowest BCUT2D eigenvalue weighted by atomic mass is 10.1. The Hall–Kier alpha value is -2.69. The molecule has 0 aliphatic carbocycles. The van der Waals surface area contributed by atoms with Gasteiger partial charge in [-0.15, -0.1) is 0 Å². The fourth-order valence-corrected chi connectivity index (χ4v) is 1.80. The van der Waals surface area contributed by atoms with Gasteiger partial charge in [0.1, 0.15) is 5.69 Å². The molecule has 0 radical (unpaired) electrons. The van der Waals surface area contributed by atoms with E-state index in [1.165, 1.54) is 18.3 Å². The van der Waals surface area contributed by atoms with Crippen molar-refractivity contribution in [1.29, 1.82) is 0 Å². The summed E-state index contributed by atoms with van der Waals surface area (Å²) in [5, 5.41) is 11.6. The van der Waals surface area contributed by atoms with Crippen LogP contribution in [-0.4, -0.2) is 22.0 Å². The molecule has 0 saturated heterocycles. The van der Waals surface area contributed by atoms with Gasteiger partial charge in [-0.1, -0.05) is 25.1 Å². The van der Waals surface area contributed by atoms with Crippen molar-refractivity contribution in [3.63, 3.8) is 0 Å². The van der Waals surface area contributed by atoms with Gasteiger partial charge in [0.15, 0.2) is 0 Å². The van der Waals surface area contributed by atoms with Gasteiger partial charge in [-0.25, -0.2) is 9.78 Å². The third kappa shape index (κ3) is 3.00. The van der Waals surface area contributed by atoms with Gasteiger partial charge in [0.2, 0.25) is 0 Å². The first-order valence-electron chi connectivity index (χ1n) is 6.20. The molecule has 0 aliphatic heterocycles. The number of hydrogen-bond acceptors (Lipinski definition) is 3. The molecular formula is C15H14N2O3. The van der Waals surface area contributed by atoms with Crippen LogP contribution < -0.4 is 5.32 Å². The van der Waals surface area contributed by atoms with E-state index in [2.05, 4.69) is 10.3 Å². The van der Waals surface area contributed by atoms with Gasteiger partial charge in [0.05, 0.1) is 5.56 Å². The smallest absolute Gasteiger partial charge is 0.354 e. The van der Waals surface area contributed by atoms with Crippen LogP contribution in [0.2, 0.25) is 0 Å². The molecule has 5 heteroatoms. The van der Waals surface area contributed by atoms with Crippen molar-refractivity contribution < 1.29 is 14.7 Å². The number of aromatic carboxylic acids is 1. The normalized spacial score (nSPS) is 10.1. The summed E-state index contributed by atoms with van der Waals surface area (Å²) in [6.07, 6.45) is 2.07. The van der Waals surface area contributed by atoms with Gasteiger partial charge in [-0.3, -0.25) is 4.79 Å². The third-order valence-electron chi connectivity index (χ3n) is 2.89. The number of pyridine rings is 1. The van der Waals surface area contributed by atoms with E-state index >= 15 is 0 Å². The molecule has 0 unspecified atom stereocenters. The molecule has 1 aromatic heterocycles. The third-order valence-corrected chi connectivity index (χ3v) is 2.89. The monoisotopic (exact) mass is 270 g/mol. The Kier molecular flexibility index (Phi) is 4.10. The van der Waals surface area contributed by atoms with Crippen molar-refractivity contribution in [3.05, 3.63) is 59.4 Å². The second kappa shape index (κ2) is 5.97. The Labute approximate surface area is 116 Å². The number of nitrogens with one attached hydrogen (secondary N) is 1. The van der Waals surface area contributed by atoms with Crippen LogP contribution in [0.3, 0.4) is 0 Å². The van der Waals surface area contributed by atoms with Crippen LogP contribution in [0.4, 0.5) is 5.69 Å². The van der Waals surface area contributed by atoms with Crippen LogP contribution in [0.5, 0.6) is 0 Å². The van der Waals surface area contributed by atoms with E-state index in [-0.39, 0.29) is 11.6 Å². The van der Waals surface area contributed by atoms with Crippen LogP contribution in [0.1, 0.15) is 33.3 Å². The minimum absolute atomic E-state index is 0.0875. The van der Waals surface area contributed by atoms with Crippen molar-refractivity contribution >= 4 is 17.6 Å². The second-order valence-corrected chi connectivity index (χ2v) is 4.20. The van der Waals surface area contributed by atoms with Gasteiger partial charge >= 0.3 is 5.97 Å². The highest BCUT2D eigenvalue weighted by Gasteiger charge is 2.10. The number of hydrogen-bond donors (Lipinski definition) is 2. The second-order valence-electron chi connectivity index (χ2n) is 4.20. The number of benzene rings is 1. The molecule has 0 spiro atoms. The molecule has 1 amide bonds. The van der Waals surface area contributed by atoms with E-state index in [1.54, 1.807) is 0 Å². The zero-order chi connectivity index (χ0) is 14.5. The van der Waals surface area contributed by atoms with E-state index in [0.29, 0.717) is 5.56 Å². The van der Waals surface area contributed by atoms with Crippen LogP contribution in [0.25, 0.3) is 0 Å². The molecule has 0 aliphatic rings. The molecule has 5 nitrogen and oxygen atoms in total. The van der Waals surface area contributed by atoms with Gasteiger partial charge in [0, 0.05) is 11.9 Å². The van der Waals surface area contributed by atoms with Crippen molar-refractivity contribution in [2.45, 2.75) is 13.3 Å². The van der Waals surface area contributed by atoms with E-state index in [4.69, 9.17) is 5.11 Å². The highest BCUT2D eigenvalue weighted by atomic mass is 16.4. The largest absolute Gasteiger partial charge is 0.477 e. The number of amides is 1. The predicted octanol–water partition coefficient (Wildman–Crippen LogP) is 2.59. The van der Waals surface area contributed by atoms with Crippen LogP contribution in [0.15, 0.2) is 42.6 Å². The first kappa shape index (κ1) is 13.7. The number of aromatic nitrogens is 1. The average Bonchev–Trinajstić information content (AvgIpc) is 2.48. The number of nitrogens with zero attached hydrogens (tertiary/aromatic N) is 1. The maximum absolute atomic E-state index is 12.1. The van der Waals surface area contributed by atoms with Crippen molar-refractivity contribution in [3.8, 4) is 0 Å². The molecular weight excluding hydrogens is 256 g/mol. The molecule has 1 aromatic carbocycles. The summed E-state index contributed by atoms with van der Waals surface area (Å²) in [7, 11) is 0. The summed E-state index contributed by atoms with van der Waals surface area (Å²) in [5.41, 5.74) is 2.02. The summed E-state index contributed by atoms with van der Waals surface area (Å²) in [6.45, 7) is 2.01. The molecule has 20 heavy (non-hydrogen) atoms. The summed E-state index contributed by atoms with van der Waals surface area (Å²) in [6, 6.07) is 10.3. The Morgan fingerprint density at radius 3 is 2.55 bits per heavy atom. The molecule has 102 valence electrons. The molecule has 2 N–H and O–H groups in total. The SMILES string of the molecule is CCc1ccccc1NC(=O)c1ccc(C(=O)O)nc1. The topological polar surface area (TPSA) is 79.3 Å². The lowest BCUT2D eigenvalue weighted by Crippen LogP contribution is -2.14. The number of anilines is 1. The summed E-state index contributed by atoms with van der Waals surface area (Å²) >= 11 is 0. The lowest BCUT2D eigenvalue weighted by Gasteiger charge is -2.09. The number of rotatable bonds is 4. The van der Waals surface area contributed by atoms with E-state index in [9.17, 15) is 9.59 Å². The number of carbonyl (C=O) groups is 2. The van der Waals surface area contributed by atoms with Gasteiger partial charge in [-0.2, -0.15) is 0 Å². The summed E-state index contributed by atoms with van der Waals surface area (Å²) in [4.78, 5) is 26.5. The van der Waals surface area contributed by atoms with Gasteiger partial charge in [0.25, 0.3) is 5.91 Å². The Morgan fingerprint density at radius 1 is 1.20 bits per heavy atom. The molecule has 1 heterocycles. The zero-order valence-electron chi connectivity index (χ0n) is 11.0. The van der Waals surface area contributed by atoms with E-state index in [1.807, 2.05) is 31.2 Å². The first-order chi connectivity index (χ1) is 9.61. The van der Waals surface area contributed by atoms with Gasteiger partial charge in [-0.05, 0) is 30.2 Å². The quantitative estimate of drug-likeness (QED) is 0.895. The first-order valence-corrected chi connectivity index (χ1v) is 6.20. The Morgan fingerprint density at radius 2 is 1.95 bits per heavy atom. The molecule has 2 rings (SSSR count). The molecule has 0 atom stereocenters. The summed E-state index contributed by atoms with van der Waals surface area (Å²) in [5.74, 6) is -1.43. The number of carbonyl (C=O) groups excluding carboxylic acids is 1. The predicted molar refractivity (Wildman–Crippen MR) is 75.0 cm³/mol. The van der Waals surface area contributed by atoms with E-state index < -0.39 is 5.97 Å². The minimum Gasteiger partial charge on any atom is -0.477 e. The maximum atomic E-state index is 12.1. The zero-order valence-corrected chi connectivity index (χ0v) is 11.0. The average molecular weight is 270 g/mol. The van der Waals surface area contributed by atoms with Crippen molar-refractivity contribution in [2.75, 3.05) is 5.32 Å². The fourth-order valence-electron chi connectivity index (χ4n) is 1.80. The minimum atomic E-state index is -1.12. The Bertz CT molecular complexity index is 636. The maximum Gasteiger partial charge on any atom is 0.354 e. The van der Waals surface area contributed by atoms with Crippen LogP contribution in [0, 0.1) is 0 Å². The standard InChI is InChI=1S/C15H14N2O3/c1-2-10-5-3-4-6-12(10)17-14(18)11-7-8-13(15(19)20)16-9-11/h3-9H,2H2,1H3,(H,17,18)(H,19,20). The molecule has 0 fully saturated rings. The van der Waals surface area contributed by atoms with Gasteiger partial charge < -0.3 is 10.4 Å². The fraction of sp³-hybridized carbons (Fsp3) is 0.133. The number of carboxylic acids is 1. The van der Waals surface area contributed by atoms with Crippen molar-refractivity contribution in [2.24, 2.45) is 0 Å². The highest BCUT2D eigenvalue weighted by Crippen LogP contribution is 2.16. The lowest BCUT2D eigenvalue weighted by molar-refractivity contribution is 0.0690. The number of carboxylic acid groups (broad SMARTS) is 1. The van der Waals surface area contributed by atoms with E-state index in [0.717, 1.165) is 17.7 Å². The van der Waals surface area contributed by atoms with Crippen LogP contribution >= 0.6 is 0 Å². The molecule has 0 saturated carbocycles.